The second-order valence-electron chi connectivity index (χ2n) is 4.28. The fourth-order valence-electron chi connectivity index (χ4n) is 1.94. The summed E-state index contributed by atoms with van der Waals surface area (Å²) in [6.45, 7) is 2.81. The molecule has 0 aliphatic carbocycles. The largest absolute Gasteiger partial charge is 0.310 e. The number of benzene rings is 1. The Hall–Kier alpha value is -2.12. The van der Waals surface area contributed by atoms with Crippen molar-refractivity contribution in [2.24, 2.45) is 0 Å². The number of hydrogen-bond donors (Lipinski definition) is 1. The summed E-state index contributed by atoms with van der Waals surface area (Å²) in [7, 11) is 0. The number of hydrogen-bond acceptors (Lipinski definition) is 4. The van der Waals surface area contributed by atoms with Crippen molar-refractivity contribution in [3.05, 3.63) is 47.2 Å². The van der Waals surface area contributed by atoms with Crippen molar-refractivity contribution in [3.63, 3.8) is 0 Å². The number of hydrazine groups is 1. The first-order chi connectivity index (χ1) is 8.70. The van der Waals surface area contributed by atoms with Crippen molar-refractivity contribution in [1.82, 2.24) is 10.4 Å². The molecule has 1 aliphatic heterocycles. The molecule has 0 saturated carbocycles. The van der Waals surface area contributed by atoms with Gasteiger partial charge in [0.15, 0.2) is 5.78 Å². The first-order valence-corrected chi connectivity index (χ1v) is 5.86. The maximum atomic E-state index is 11.2. The van der Waals surface area contributed by atoms with Crippen molar-refractivity contribution < 1.29 is 4.79 Å². The lowest BCUT2D eigenvalue weighted by Gasteiger charge is -2.17. The van der Waals surface area contributed by atoms with E-state index in [1.165, 1.54) is 0 Å². The lowest BCUT2D eigenvalue weighted by molar-refractivity contribution is -0.113. The van der Waals surface area contributed by atoms with Crippen LogP contribution in [-0.4, -0.2) is 17.3 Å². The number of Topliss-reactive ketones (excluding diaryl/α,β-unsaturated/α-hetero) is 1. The van der Waals surface area contributed by atoms with Crippen LogP contribution >= 0.6 is 0 Å². The van der Waals surface area contributed by atoms with E-state index >= 15 is 0 Å². The van der Waals surface area contributed by atoms with Gasteiger partial charge >= 0.3 is 0 Å². The molecule has 0 amide bonds. The maximum Gasteiger partial charge on any atom is 0.158 e. The Morgan fingerprint density at radius 3 is 2.78 bits per heavy atom. The highest BCUT2D eigenvalue weighted by molar-refractivity contribution is 5.93. The summed E-state index contributed by atoms with van der Waals surface area (Å²) < 4.78 is 0. The SMILES string of the molecule is CC(=O)C1=CN(Cc2ccccc2CC#N)NC1. The lowest BCUT2D eigenvalue weighted by Crippen LogP contribution is -2.28. The maximum absolute atomic E-state index is 11.2. The molecule has 92 valence electrons. The molecular weight excluding hydrogens is 226 g/mol. The predicted molar refractivity (Wildman–Crippen MR) is 68.1 cm³/mol. The van der Waals surface area contributed by atoms with Crippen LogP contribution in [0.4, 0.5) is 0 Å². The van der Waals surface area contributed by atoms with E-state index in [4.69, 9.17) is 5.26 Å². The summed E-state index contributed by atoms with van der Waals surface area (Å²) in [5, 5.41) is 10.7. The summed E-state index contributed by atoms with van der Waals surface area (Å²) in [5.74, 6) is 0.0929. The summed E-state index contributed by atoms with van der Waals surface area (Å²) >= 11 is 0. The topological polar surface area (TPSA) is 56.1 Å². The Balaban J connectivity index is 2.11. The number of rotatable bonds is 4. The normalized spacial score (nSPS) is 14.2. The van der Waals surface area contributed by atoms with Gasteiger partial charge in [-0.2, -0.15) is 5.26 Å². The number of nitrogens with one attached hydrogen (secondary N) is 1. The molecule has 18 heavy (non-hydrogen) atoms. The second-order valence-corrected chi connectivity index (χ2v) is 4.28. The van der Waals surface area contributed by atoms with Crippen LogP contribution in [-0.2, 0) is 17.8 Å². The Morgan fingerprint density at radius 1 is 1.44 bits per heavy atom. The molecular formula is C14H15N3O. The van der Waals surface area contributed by atoms with Crippen LogP contribution in [0.1, 0.15) is 18.1 Å². The van der Waals surface area contributed by atoms with E-state index in [2.05, 4.69) is 11.5 Å². The third-order valence-electron chi connectivity index (χ3n) is 2.97. The average molecular weight is 241 g/mol. The molecule has 0 unspecified atom stereocenters. The molecule has 0 saturated heterocycles. The van der Waals surface area contributed by atoms with E-state index in [1.807, 2.05) is 35.5 Å². The van der Waals surface area contributed by atoms with Gasteiger partial charge in [-0.1, -0.05) is 24.3 Å². The molecule has 0 spiro atoms. The minimum atomic E-state index is 0.0929. The van der Waals surface area contributed by atoms with Gasteiger partial charge in [0.05, 0.1) is 19.0 Å². The third kappa shape index (κ3) is 2.76. The standard InChI is InChI=1S/C14H15N3O/c1-11(18)14-8-16-17(10-14)9-13-5-3-2-4-12(13)6-7-15/h2-5,10,16H,6,8-9H2,1H3. The Morgan fingerprint density at radius 2 is 2.17 bits per heavy atom. The van der Waals surface area contributed by atoms with Gasteiger partial charge in [0.2, 0.25) is 0 Å². The third-order valence-corrected chi connectivity index (χ3v) is 2.97. The van der Waals surface area contributed by atoms with Gasteiger partial charge in [0, 0.05) is 18.3 Å². The fourth-order valence-corrected chi connectivity index (χ4v) is 1.94. The molecule has 1 heterocycles. The van der Waals surface area contributed by atoms with Crippen molar-refractivity contribution in [1.29, 1.82) is 5.26 Å². The van der Waals surface area contributed by atoms with E-state index in [0.29, 0.717) is 19.5 Å². The van der Waals surface area contributed by atoms with Gasteiger partial charge in [-0.3, -0.25) is 4.79 Å². The van der Waals surface area contributed by atoms with E-state index in [0.717, 1.165) is 16.7 Å². The molecule has 0 atom stereocenters. The van der Waals surface area contributed by atoms with Crippen LogP contribution in [0.25, 0.3) is 0 Å². The molecule has 0 radical (unpaired) electrons. The molecule has 4 heteroatoms. The number of carbonyl (C=O) groups is 1. The van der Waals surface area contributed by atoms with Gasteiger partial charge in [-0.15, -0.1) is 0 Å². The predicted octanol–water partition coefficient (Wildman–Crippen LogP) is 1.55. The number of nitrogens with zero attached hydrogens (tertiary/aromatic N) is 2. The first-order valence-electron chi connectivity index (χ1n) is 5.86. The molecule has 1 N–H and O–H groups in total. The molecule has 1 aromatic carbocycles. The molecule has 1 aliphatic rings. The summed E-state index contributed by atoms with van der Waals surface area (Å²) in [6, 6.07) is 10.0. The zero-order valence-corrected chi connectivity index (χ0v) is 10.3. The fraction of sp³-hybridized carbons (Fsp3) is 0.286. The van der Waals surface area contributed by atoms with E-state index in [9.17, 15) is 4.79 Å². The smallest absolute Gasteiger partial charge is 0.158 e. The number of carbonyl (C=O) groups excluding carboxylic acids is 1. The summed E-state index contributed by atoms with van der Waals surface area (Å²) in [4.78, 5) is 11.2. The molecule has 1 aromatic rings. The van der Waals surface area contributed by atoms with Crippen LogP contribution in [0.3, 0.4) is 0 Å². The highest BCUT2D eigenvalue weighted by Crippen LogP contribution is 2.14. The molecule has 4 nitrogen and oxygen atoms in total. The van der Waals surface area contributed by atoms with Crippen molar-refractivity contribution in [2.75, 3.05) is 6.54 Å². The molecule has 2 rings (SSSR count). The summed E-state index contributed by atoms with van der Waals surface area (Å²) in [5.41, 5.74) is 6.07. The van der Waals surface area contributed by atoms with Crippen LogP contribution in [0.2, 0.25) is 0 Å². The molecule has 0 fully saturated rings. The van der Waals surface area contributed by atoms with Crippen LogP contribution in [0.15, 0.2) is 36.0 Å². The van der Waals surface area contributed by atoms with Crippen LogP contribution in [0, 0.1) is 11.3 Å². The highest BCUT2D eigenvalue weighted by atomic mass is 16.1. The monoisotopic (exact) mass is 241 g/mol. The zero-order chi connectivity index (χ0) is 13.0. The van der Waals surface area contributed by atoms with E-state index in [1.54, 1.807) is 6.92 Å². The minimum absolute atomic E-state index is 0.0929. The van der Waals surface area contributed by atoms with Crippen molar-refractivity contribution in [2.45, 2.75) is 19.9 Å². The van der Waals surface area contributed by atoms with Gasteiger partial charge in [-0.05, 0) is 18.1 Å². The Kier molecular flexibility index (Phi) is 3.75. The molecule has 0 aromatic heterocycles. The first kappa shape index (κ1) is 12.3. The number of ketones is 1. The van der Waals surface area contributed by atoms with Crippen LogP contribution < -0.4 is 5.43 Å². The molecule has 0 bridgehead atoms. The van der Waals surface area contributed by atoms with Gasteiger partial charge < -0.3 is 5.01 Å². The van der Waals surface area contributed by atoms with Gasteiger partial charge in [0.1, 0.15) is 0 Å². The van der Waals surface area contributed by atoms with E-state index in [-0.39, 0.29) is 5.78 Å². The van der Waals surface area contributed by atoms with Gasteiger partial charge in [0.25, 0.3) is 0 Å². The zero-order valence-electron chi connectivity index (χ0n) is 10.3. The van der Waals surface area contributed by atoms with Crippen molar-refractivity contribution >= 4 is 5.78 Å². The Bertz CT molecular complexity index is 528. The Labute approximate surface area is 106 Å². The van der Waals surface area contributed by atoms with Gasteiger partial charge in [-0.25, -0.2) is 5.43 Å². The second kappa shape index (κ2) is 5.48. The highest BCUT2D eigenvalue weighted by Gasteiger charge is 2.15. The quantitative estimate of drug-likeness (QED) is 0.869. The average Bonchev–Trinajstić information content (AvgIpc) is 2.81. The van der Waals surface area contributed by atoms with E-state index < -0.39 is 0 Å². The lowest BCUT2D eigenvalue weighted by atomic mass is 10.1. The number of nitriles is 1. The summed E-state index contributed by atoms with van der Waals surface area (Å²) in [6.07, 6.45) is 2.25. The minimum Gasteiger partial charge on any atom is -0.310 e. The van der Waals surface area contributed by atoms with Crippen LogP contribution in [0.5, 0.6) is 0 Å². The van der Waals surface area contributed by atoms with Crippen molar-refractivity contribution in [3.8, 4) is 6.07 Å².